The minimum absolute atomic E-state index is 0.133. The first kappa shape index (κ1) is 13.9. The molecular weight excluding hydrogens is 254 g/mol. The fourth-order valence-electron chi connectivity index (χ4n) is 1.87. The van der Waals surface area contributed by atoms with Crippen molar-refractivity contribution in [1.29, 1.82) is 0 Å². The van der Waals surface area contributed by atoms with Crippen molar-refractivity contribution in [1.82, 2.24) is 4.98 Å². The van der Waals surface area contributed by atoms with Crippen LogP contribution in [0.4, 0.5) is 11.4 Å². The Morgan fingerprint density at radius 1 is 1.30 bits per heavy atom. The van der Waals surface area contributed by atoms with Crippen LogP contribution in [0.5, 0.6) is 5.75 Å². The molecule has 0 atom stereocenters. The Hall–Kier alpha value is -2.56. The van der Waals surface area contributed by atoms with E-state index in [4.69, 9.17) is 10.5 Å². The fraction of sp³-hybridized carbons (Fsp3) is 0.200. The summed E-state index contributed by atoms with van der Waals surface area (Å²) in [6.45, 7) is 2.51. The Balaban J connectivity index is 2.20. The van der Waals surface area contributed by atoms with E-state index in [9.17, 15) is 4.79 Å². The van der Waals surface area contributed by atoms with Crippen molar-refractivity contribution >= 4 is 17.3 Å². The van der Waals surface area contributed by atoms with E-state index in [-0.39, 0.29) is 5.91 Å². The van der Waals surface area contributed by atoms with E-state index in [1.807, 2.05) is 6.92 Å². The second-order valence-electron chi connectivity index (χ2n) is 4.26. The highest BCUT2D eigenvalue weighted by Crippen LogP contribution is 2.22. The summed E-state index contributed by atoms with van der Waals surface area (Å²) in [5.74, 6) is 0.612. The number of rotatable bonds is 4. The van der Waals surface area contributed by atoms with Gasteiger partial charge in [-0.25, -0.2) is 0 Å². The number of hydrogen-bond donors (Lipinski definition) is 1. The molecule has 1 amide bonds. The molecule has 2 N–H and O–H groups in total. The topological polar surface area (TPSA) is 68.5 Å². The summed E-state index contributed by atoms with van der Waals surface area (Å²) in [5, 5.41) is 0. The van der Waals surface area contributed by atoms with Crippen molar-refractivity contribution in [3.8, 4) is 5.75 Å². The molecule has 0 radical (unpaired) electrons. The molecule has 104 valence electrons. The summed E-state index contributed by atoms with van der Waals surface area (Å²) in [4.78, 5) is 17.8. The Bertz CT molecular complexity index is 596. The molecule has 0 bridgehead atoms. The molecule has 0 saturated carbocycles. The number of benzene rings is 1. The predicted molar refractivity (Wildman–Crippen MR) is 79.0 cm³/mol. The smallest absolute Gasteiger partial charge is 0.258 e. The van der Waals surface area contributed by atoms with E-state index in [2.05, 4.69) is 4.98 Å². The lowest BCUT2D eigenvalue weighted by molar-refractivity contribution is 0.0993. The van der Waals surface area contributed by atoms with E-state index in [1.165, 1.54) is 11.1 Å². The molecule has 0 spiro atoms. The predicted octanol–water partition coefficient (Wildman–Crippen LogP) is 2.34. The van der Waals surface area contributed by atoms with Crippen molar-refractivity contribution in [2.24, 2.45) is 0 Å². The highest BCUT2D eigenvalue weighted by molar-refractivity contribution is 6.07. The third kappa shape index (κ3) is 2.88. The minimum atomic E-state index is -0.133. The summed E-state index contributed by atoms with van der Waals surface area (Å²) in [6, 6.07) is 8.74. The van der Waals surface area contributed by atoms with Crippen molar-refractivity contribution in [3.05, 3.63) is 48.3 Å². The maximum absolute atomic E-state index is 12.4. The first-order chi connectivity index (χ1) is 9.63. The number of aromatic nitrogens is 1. The SMILES string of the molecule is CCOc1ccc(C(=O)N(C)c2ccncc2N)cc1. The molecule has 1 aromatic heterocycles. The number of nitrogens with two attached hydrogens (primary N) is 1. The number of hydrogen-bond acceptors (Lipinski definition) is 4. The lowest BCUT2D eigenvalue weighted by atomic mass is 10.2. The van der Waals surface area contributed by atoms with Crippen molar-refractivity contribution < 1.29 is 9.53 Å². The van der Waals surface area contributed by atoms with E-state index in [0.29, 0.717) is 23.5 Å². The maximum atomic E-state index is 12.4. The van der Waals surface area contributed by atoms with Crippen LogP contribution in [-0.2, 0) is 0 Å². The van der Waals surface area contributed by atoms with Crippen LogP contribution in [0.15, 0.2) is 42.7 Å². The number of carbonyl (C=O) groups is 1. The largest absolute Gasteiger partial charge is 0.494 e. The Labute approximate surface area is 118 Å². The standard InChI is InChI=1S/C15H17N3O2/c1-3-20-12-6-4-11(5-7-12)15(19)18(2)14-8-9-17-10-13(14)16/h4-10H,3,16H2,1-2H3. The van der Waals surface area contributed by atoms with Crippen LogP contribution >= 0.6 is 0 Å². The molecular formula is C15H17N3O2. The Kier molecular flexibility index (Phi) is 4.20. The van der Waals surface area contributed by atoms with Crippen molar-refractivity contribution in [2.45, 2.75) is 6.92 Å². The molecule has 1 aromatic carbocycles. The van der Waals surface area contributed by atoms with Gasteiger partial charge >= 0.3 is 0 Å². The number of amides is 1. The van der Waals surface area contributed by atoms with Gasteiger partial charge in [0.1, 0.15) is 5.75 Å². The van der Waals surface area contributed by atoms with Gasteiger partial charge in [-0.3, -0.25) is 9.78 Å². The van der Waals surface area contributed by atoms with Gasteiger partial charge in [-0.15, -0.1) is 0 Å². The van der Waals surface area contributed by atoms with Gasteiger partial charge < -0.3 is 15.4 Å². The summed E-state index contributed by atoms with van der Waals surface area (Å²) >= 11 is 0. The monoisotopic (exact) mass is 271 g/mol. The van der Waals surface area contributed by atoms with Gasteiger partial charge in [0.25, 0.3) is 5.91 Å². The molecule has 2 rings (SSSR count). The van der Waals surface area contributed by atoms with Crippen LogP contribution in [-0.4, -0.2) is 24.5 Å². The Morgan fingerprint density at radius 3 is 2.60 bits per heavy atom. The molecule has 1 heterocycles. The Morgan fingerprint density at radius 2 is 2.00 bits per heavy atom. The van der Waals surface area contributed by atoms with Crippen LogP contribution in [0, 0.1) is 0 Å². The summed E-state index contributed by atoms with van der Waals surface area (Å²) in [5.41, 5.74) is 7.51. The zero-order valence-electron chi connectivity index (χ0n) is 11.5. The van der Waals surface area contributed by atoms with Gasteiger partial charge in [0.15, 0.2) is 0 Å². The first-order valence-electron chi connectivity index (χ1n) is 6.34. The summed E-state index contributed by atoms with van der Waals surface area (Å²) < 4.78 is 5.35. The van der Waals surface area contributed by atoms with Crippen LogP contribution < -0.4 is 15.4 Å². The lowest BCUT2D eigenvalue weighted by Crippen LogP contribution is -2.27. The molecule has 0 saturated heterocycles. The number of ether oxygens (including phenoxy) is 1. The zero-order valence-corrected chi connectivity index (χ0v) is 11.5. The molecule has 0 aliphatic heterocycles. The molecule has 20 heavy (non-hydrogen) atoms. The van der Waals surface area contributed by atoms with E-state index in [0.717, 1.165) is 5.75 Å². The van der Waals surface area contributed by atoms with E-state index < -0.39 is 0 Å². The van der Waals surface area contributed by atoms with Gasteiger partial charge in [-0.05, 0) is 37.3 Å². The third-order valence-corrected chi connectivity index (χ3v) is 2.91. The number of nitrogens with zero attached hydrogens (tertiary/aromatic N) is 2. The molecule has 5 nitrogen and oxygen atoms in total. The van der Waals surface area contributed by atoms with Crippen LogP contribution in [0.1, 0.15) is 17.3 Å². The van der Waals surface area contributed by atoms with Crippen LogP contribution in [0.2, 0.25) is 0 Å². The third-order valence-electron chi connectivity index (χ3n) is 2.91. The number of pyridine rings is 1. The lowest BCUT2D eigenvalue weighted by Gasteiger charge is -2.19. The molecule has 0 unspecified atom stereocenters. The van der Waals surface area contributed by atoms with Gasteiger partial charge in [0, 0.05) is 18.8 Å². The molecule has 0 aliphatic carbocycles. The normalized spacial score (nSPS) is 10.1. The highest BCUT2D eigenvalue weighted by Gasteiger charge is 2.15. The quantitative estimate of drug-likeness (QED) is 0.926. The van der Waals surface area contributed by atoms with Crippen LogP contribution in [0.3, 0.4) is 0 Å². The summed E-state index contributed by atoms with van der Waals surface area (Å²) in [6.07, 6.45) is 3.13. The van der Waals surface area contributed by atoms with Crippen LogP contribution in [0.25, 0.3) is 0 Å². The van der Waals surface area contributed by atoms with Crippen molar-refractivity contribution in [2.75, 3.05) is 24.3 Å². The molecule has 2 aromatic rings. The second-order valence-corrected chi connectivity index (χ2v) is 4.26. The average molecular weight is 271 g/mol. The minimum Gasteiger partial charge on any atom is -0.494 e. The average Bonchev–Trinajstić information content (AvgIpc) is 2.47. The number of anilines is 2. The van der Waals surface area contributed by atoms with E-state index >= 15 is 0 Å². The molecule has 5 heteroatoms. The fourth-order valence-corrected chi connectivity index (χ4v) is 1.87. The highest BCUT2D eigenvalue weighted by atomic mass is 16.5. The van der Waals surface area contributed by atoms with Gasteiger partial charge in [-0.2, -0.15) is 0 Å². The first-order valence-corrected chi connectivity index (χ1v) is 6.34. The van der Waals surface area contributed by atoms with Crippen molar-refractivity contribution in [3.63, 3.8) is 0 Å². The maximum Gasteiger partial charge on any atom is 0.258 e. The number of carbonyl (C=O) groups excluding carboxylic acids is 1. The number of nitrogen functional groups attached to an aromatic ring is 1. The van der Waals surface area contributed by atoms with Gasteiger partial charge in [0.05, 0.1) is 24.2 Å². The molecule has 0 aliphatic rings. The van der Waals surface area contributed by atoms with E-state index in [1.54, 1.807) is 43.6 Å². The van der Waals surface area contributed by atoms with Gasteiger partial charge in [0.2, 0.25) is 0 Å². The second kappa shape index (κ2) is 6.06. The zero-order chi connectivity index (χ0) is 14.5. The van der Waals surface area contributed by atoms with Gasteiger partial charge in [-0.1, -0.05) is 0 Å². The summed E-state index contributed by atoms with van der Waals surface area (Å²) in [7, 11) is 1.69. The molecule has 0 fully saturated rings.